The number of piperidine rings is 2. The molecule has 4 rings (SSSR count). The Morgan fingerprint density at radius 1 is 1.00 bits per heavy atom. The minimum Gasteiger partial charge on any atom is -0.385 e. The summed E-state index contributed by atoms with van der Waals surface area (Å²) in [6.07, 6.45) is -0.853. The molecule has 2 aliphatic rings. The van der Waals surface area contributed by atoms with E-state index in [1.165, 1.54) is 17.7 Å². The van der Waals surface area contributed by atoms with Crippen LogP contribution < -0.4 is 5.32 Å². The van der Waals surface area contributed by atoms with Gasteiger partial charge >= 0.3 is 12.2 Å². The molecule has 0 aromatic heterocycles. The molecule has 2 N–H and O–H groups in total. The summed E-state index contributed by atoms with van der Waals surface area (Å²) in [4.78, 5) is 16.7. The van der Waals surface area contributed by atoms with Gasteiger partial charge in [0.1, 0.15) is 0 Å². The van der Waals surface area contributed by atoms with Gasteiger partial charge in [0.2, 0.25) is 0 Å². The van der Waals surface area contributed by atoms with Crippen LogP contribution in [0.3, 0.4) is 0 Å². The van der Waals surface area contributed by atoms with E-state index in [0.717, 1.165) is 51.0 Å². The summed E-state index contributed by atoms with van der Waals surface area (Å²) < 4.78 is 39.1. The Morgan fingerprint density at radius 3 is 2.34 bits per heavy atom. The Bertz CT molecular complexity index is 967. The molecular weight excluding hydrogens is 455 g/mol. The molecule has 0 saturated carbocycles. The summed E-state index contributed by atoms with van der Waals surface area (Å²) in [6, 6.07) is 15.2. The van der Waals surface area contributed by atoms with E-state index in [1.54, 1.807) is 4.90 Å². The number of rotatable bonds is 6. The number of halogens is 3. The fraction of sp³-hybridized carbons (Fsp3) is 0.519. The fourth-order valence-corrected chi connectivity index (χ4v) is 5.12. The zero-order valence-electron chi connectivity index (χ0n) is 19.9. The first kappa shape index (κ1) is 25.5. The zero-order valence-corrected chi connectivity index (χ0v) is 19.9. The third-order valence-electron chi connectivity index (χ3n) is 7.39. The Hall–Kier alpha value is -2.58. The van der Waals surface area contributed by atoms with Gasteiger partial charge in [0.15, 0.2) is 0 Å². The van der Waals surface area contributed by atoms with Gasteiger partial charge in [-0.1, -0.05) is 42.5 Å². The summed E-state index contributed by atoms with van der Waals surface area (Å²) in [5, 5.41) is 14.0. The SMILES string of the molecule is O=C(NCCC1CCN(Cc2ccccc2)CC1)N1CCC(O)(c2cccc(C(F)(F)F)c2)CC1. The minimum atomic E-state index is -4.45. The number of likely N-dealkylation sites (tertiary alicyclic amines) is 2. The van der Waals surface area contributed by atoms with Gasteiger partial charge in [-0.15, -0.1) is 0 Å². The number of carbonyl (C=O) groups is 1. The van der Waals surface area contributed by atoms with Crippen molar-refractivity contribution in [3.63, 3.8) is 0 Å². The first-order chi connectivity index (χ1) is 16.7. The smallest absolute Gasteiger partial charge is 0.385 e. The van der Waals surface area contributed by atoms with Crippen molar-refractivity contribution in [3.8, 4) is 0 Å². The molecule has 2 heterocycles. The Morgan fingerprint density at radius 2 is 1.69 bits per heavy atom. The number of carbonyl (C=O) groups excluding carboxylic acids is 1. The predicted molar refractivity (Wildman–Crippen MR) is 129 cm³/mol. The Balaban J connectivity index is 1.17. The van der Waals surface area contributed by atoms with Crippen LogP contribution in [0.4, 0.5) is 18.0 Å². The van der Waals surface area contributed by atoms with Crippen LogP contribution in [0.15, 0.2) is 54.6 Å². The van der Waals surface area contributed by atoms with E-state index in [-0.39, 0.29) is 24.4 Å². The van der Waals surface area contributed by atoms with Gasteiger partial charge in [0.25, 0.3) is 0 Å². The topological polar surface area (TPSA) is 55.8 Å². The third kappa shape index (κ3) is 6.76. The molecule has 2 aliphatic heterocycles. The quantitative estimate of drug-likeness (QED) is 0.601. The average Bonchev–Trinajstić information content (AvgIpc) is 2.86. The first-order valence-electron chi connectivity index (χ1n) is 12.4. The highest BCUT2D eigenvalue weighted by Crippen LogP contribution is 2.36. The van der Waals surface area contributed by atoms with Crippen molar-refractivity contribution >= 4 is 6.03 Å². The van der Waals surface area contributed by atoms with Gasteiger partial charge in [0, 0.05) is 26.2 Å². The molecule has 0 aliphatic carbocycles. The van der Waals surface area contributed by atoms with Crippen molar-refractivity contribution in [1.29, 1.82) is 0 Å². The summed E-state index contributed by atoms with van der Waals surface area (Å²) in [5.74, 6) is 0.592. The number of hydrogen-bond acceptors (Lipinski definition) is 3. The van der Waals surface area contributed by atoms with Crippen LogP contribution in [0, 0.1) is 5.92 Å². The second-order valence-electron chi connectivity index (χ2n) is 9.82. The molecule has 2 fully saturated rings. The number of benzene rings is 2. The summed E-state index contributed by atoms with van der Waals surface area (Å²) in [5.41, 5.74) is -0.536. The van der Waals surface area contributed by atoms with Gasteiger partial charge in [-0.3, -0.25) is 4.90 Å². The lowest BCUT2D eigenvalue weighted by Gasteiger charge is -2.38. The van der Waals surface area contributed by atoms with Crippen molar-refractivity contribution in [2.75, 3.05) is 32.7 Å². The molecule has 8 heteroatoms. The van der Waals surface area contributed by atoms with Gasteiger partial charge in [-0.2, -0.15) is 13.2 Å². The third-order valence-corrected chi connectivity index (χ3v) is 7.39. The Kier molecular flexibility index (Phi) is 8.02. The van der Waals surface area contributed by atoms with Crippen LogP contribution in [0.1, 0.15) is 48.8 Å². The highest BCUT2D eigenvalue weighted by atomic mass is 19.4. The molecule has 190 valence electrons. The van der Waals surface area contributed by atoms with E-state index in [1.807, 2.05) is 6.07 Å². The summed E-state index contributed by atoms with van der Waals surface area (Å²) >= 11 is 0. The number of aliphatic hydroxyl groups is 1. The monoisotopic (exact) mass is 489 g/mol. The summed E-state index contributed by atoms with van der Waals surface area (Å²) in [6.45, 7) is 4.32. The number of urea groups is 1. The largest absolute Gasteiger partial charge is 0.416 e. The number of amides is 2. The van der Waals surface area contributed by atoms with E-state index in [2.05, 4.69) is 34.5 Å². The molecular formula is C27H34F3N3O2. The standard InChI is InChI=1S/C27H34F3N3O2/c28-27(29,30)24-8-4-7-23(19-24)26(35)12-17-33(18-13-26)25(34)31-14-9-21-10-15-32(16-11-21)20-22-5-2-1-3-6-22/h1-8,19,21,35H,9-18,20H2,(H,31,34). The first-order valence-corrected chi connectivity index (χ1v) is 12.4. The van der Waals surface area contributed by atoms with E-state index in [0.29, 0.717) is 25.6 Å². The number of nitrogens with one attached hydrogen (secondary N) is 1. The lowest BCUT2D eigenvalue weighted by atomic mass is 9.84. The zero-order chi connectivity index (χ0) is 24.9. The fourth-order valence-electron chi connectivity index (χ4n) is 5.12. The van der Waals surface area contributed by atoms with Gasteiger partial charge < -0.3 is 15.3 Å². The summed E-state index contributed by atoms with van der Waals surface area (Å²) in [7, 11) is 0. The number of alkyl halides is 3. The molecule has 2 aromatic rings. The maximum absolute atomic E-state index is 13.0. The molecule has 2 amide bonds. The molecule has 2 saturated heterocycles. The maximum atomic E-state index is 13.0. The van der Waals surface area contributed by atoms with Crippen molar-refractivity contribution in [3.05, 3.63) is 71.3 Å². The molecule has 0 radical (unpaired) electrons. The van der Waals surface area contributed by atoms with Gasteiger partial charge in [-0.05, 0) is 74.4 Å². The average molecular weight is 490 g/mol. The molecule has 2 aromatic carbocycles. The highest BCUT2D eigenvalue weighted by Gasteiger charge is 2.38. The lowest BCUT2D eigenvalue weighted by Crippen LogP contribution is -2.49. The van der Waals surface area contributed by atoms with Crippen LogP contribution >= 0.6 is 0 Å². The predicted octanol–water partition coefficient (Wildman–Crippen LogP) is 5.00. The molecule has 35 heavy (non-hydrogen) atoms. The van der Waals surface area contributed by atoms with Gasteiger partial charge in [0.05, 0.1) is 11.2 Å². The maximum Gasteiger partial charge on any atom is 0.416 e. The van der Waals surface area contributed by atoms with Crippen molar-refractivity contribution in [1.82, 2.24) is 15.1 Å². The van der Waals surface area contributed by atoms with E-state index in [4.69, 9.17) is 0 Å². The molecule has 0 spiro atoms. The minimum absolute atomic E-state index is 0.169. The van der Waals surface area contributed by atoms with Crippen LogP contribution in [-0.4, -0.2) is 53.7 Å². The van der Waals surface area contributed by atoms with Crippen LogP contribution in [0.2, 0.25) is 0 Å². The van der Waals surface area contributed by atoms with E-state index >= 15 is 0 Å². The van der Waals surface area contributed by atoms with E-state index in [9.17, 15) is 23.1 Å². The van der Waals surface area contributed by atoms with Crippen molar-refractivity contribution in [2.45, 2.75) is 50.4 Å². The van der Waals surface area contributed by atoms with Crippen LogP contribution in [0.5, 0.6) is 0 Å². The molecule has 0 atom stereocenters. The normalized spacial score (nSPS) is 19.5. The number of nitrogens with zero attached hydrogens (tertiary/aromatic N) is 2. The molecule has 0 unspecified atom stereocenters. The van der Waals surface area contributed by atoms with Crippen LogP contribution in [-0.2, 0) is 18.3 Å². The highest BCUT2D eigenvalue weighted by molar-refractivity contribution is 5.74. The molecule has 5 nitrogen and oxygen atoms in total. The van der Waals surface area contributed by atoms with Gasteiger partial charge in [-0.25, -0.2) is 4.79 Å². The molecule has 0 bridgehead atoms. The number of hydrogen-bond donors (Lipinski definition) is 2. The van der Waals surface area contributed by atoms with Crippen molar-refractivity contribution < 1.29 is 23.1 Å². The lowest BCUT2D eigenvalue weighted by molar-refractivity contribution is -0.137. The second kappa shape index (κ2) is 11.0. The second-order valence-corrected chi connectivity index (χ2v) is 9.82. The van der Waals surface area contributed by atoms with Crippen LogP contribution in [0.25, 0.3) is 0 Å². The van der Waals surface area contributed by atoms with E-state index < -0.39 is 17.3 Å². The Labute approximate surface area is 204 Å². The van der Waals surface area contributed by atoms with Crippen molar-refractivity contribution in [2.24, 2.45) is 5.92 Å².